The second-order valence-corrected chi connectivity index (χ2v) is 1.61. The van der Waals surface area contributed by atoms with E-state index in [-0.39, 0.29) is 29.6 Å². The molecule has 1 fully saturated rings. The van der Waals surface area contributed by atoms with Crippen LogP contribution in [0, 0.1) is 0 Å². The molecule has 0 aromatic heterocycles. The van der Waals surface area contributed by atoms with Crippen LogP contribution in [0.25, 0.3) is 0 Å². The Kier molecular flexibility index (Phi) is 4.56. The molecule has 0 aliphatic heterocycles. The van der Waals surface area contributed by atoms with Gasteiger partial charge in [0, 0.05) is 6.04 Å². The summed E-state index contributed by atoms with van der Waals surface area (Å²) in [6, 6.07) is 0.449. The van der Waals surface area contributed by atoms with Crippen LogP contribution in [0.4, 0.5) is 0 Å². The second-order valence-electron chi connectivity index (χ2n) is 1.61. The standard InChI is InChI=1S/C4H7NO2.Na.H/c6-3-7-5-4-1-2-4;;/h3-5H,1-2H2;;. The molecule has 0 amide bonds. The molecule has 42 valence electrons. The fraction of sp³-hybridized carbons (Fsp3) is 0.750. The molecule has 0 atom stereocenters. The predicted molar refractivity (Wildman–Crippen MR) is 30.5 cm³/mol. The number of carbonyl (C=O) groups is 1. The van der Waals surface area contributed by atoms with Gasteiger partial charge in [-0.25, -0.2) is 0 Å². The number of hydrogen-bond donors (Lipinski definition) is 1. The Labute approximate surface area is 70.0 Å². The Balaban J connectivity index is 0.000000490. The van der Waals surface area contributed by atoms with Crippen LogP contribution in [0.3, 0.4) is 0 Å². The summed E-state index contributed by atoms with van der Waals surface area (Å²) in [5.41, 5.74) is 2.54. The number of nitrogens with one attached hydrogen (secondary N) is 1. The molecule has 0 unspecified atom stereocenters. The van der Waals surface area contributed by atoms with Crippen molar-refractivity contribution >= 4 is 36.0 Å². The number of hydroxylamine groups is 1. The zero-order valence-corrected chi connectivity index (χ0v) is 3.89. The molecule has 0 radical (unpaired) electrons. The van der Waals surface area contributed by atoms with Gasteiger partial charge in [0.05, 0.1) is 0 Å². The van der Waals surface area contributed by atoms with E-state index in [1.807, 2.05) is 0 Å². The molecular weight excluding hydrogens is 117 g/mol. The van der Waals surface area contributed by atoms with Gasteiger partial charge in [-0.2, -0.15) is 5.48 Å². The average Bonchev–Trinajstić information content (AvgIpc) is 2.42. The average molecular weight is 125 g/mol. The van der Waals surface area contributed by atoms with Crippen molar-refractivity contribution in [3.63, 3.8) is 0 Å². The van der Waals surface area contributed by atoms with Crippen molar-refractivity contribution in [2.75, 3.05) is 0 Å². The van der Waals surface area contributed by atoms with Gasteiger partial charge in [0.15, 0.2) is 0 Å². The molecule has 8 heavy (non-hydrogen) atoms. The van der Waals surface area contributed by atoms with E-state index in [4.69, 9.17) is 0 Å². The van der Waals surface area contributed by atoms with E-state index in [1.54, 1.807) is 0 Å². The Morgan fingerprint density at radius 2 is 2.25 bits per heavy atom. The molecule has 1 aliphatic carbocycles. The van der Waals surface area contributed by atoms with E-state index in [0.29, 0.717) is 12.5 Å². The van der Waals surface area contributed by atoms with Crippen molar-refractivity contribution in [3.8, 4) is 0 Å². The van der Waals surface area contributed by atoms with Crippen molar-refractivity contribution in [3.05, 3.63) is 0 Å². The maximum atomic E-state index is 9.45. The first-order chi connectivity index (χ1) is 3.43. The predicted octanol–water partition coefficient (Wildman–Crippen LogP) is -0.822. The topological polar surface area (TPSA) is 38.3 Å². The summed E-state index contributed by atoms with van der Waals surface area (Å²) < 4.78 is 0. The molecule has 1 aliphatic rings. The van der Waals surface area contributed by atoms with Crippen LogP contribution in [0.5, 0.6) is 0 Å². The first-order valence-corrected chi connectivity index (χ1v) is 2.28. The van der Waals surface area contributed by atoms with E-state index in [0.717, 1.165) is 12.8 Å². The summed E-state index contributed by atoms with van der Waals surface area (Å²) in [4.78, 5) is 13.7. The first kappa shape index (κ1) is 8.43. The Hall–Kier alpha value is 0.430. The van der Waals surface area contributed by atoms with Crippen LogP contribution in [0.1, 0.15) is 12.8 Å². The van der Waals surface area contributed by atoms with Crippen molar-refractivity contribution < 1.29 is 9.63 Å². The van der Waals surface area contributed by atoms with Gasteiger partial charge < -0.3 is 4.84 Å². The van der Waals surface area contributed by atoms with Crippen LogP contribution in [-0.4, -0.2) is 42.1 Å². The van der Waals surface area contributed by atoms with Crippen LogP contribution in [0.2, 0.25) is 0 Å². The van der Waals surface area contributed by atoms with Gasteiger partial charge in [-0.05, 0) is 12.8 Å². The molecule has 0 saturated heterocycles. The number of hydrogen-bond acceptors (Lipinski definition) is 3. The molecular formula is C4H8NNaO2. The third-order valence-electron chi connectivity index (χ3n) is 0.860. The zero-order chi connectivity index (χ0) is 5.11. The van der Waals surface area contributed by atoms with E-state index < -0.39 is 0 Å². The van der Waals surface area contributed by atoms with Crippen LogP contribution in [0.15, 0.2) is 0 Å². The molecule has 4 heteroatoms. The van der Waals surface area contributed by atoms with Crippen molar-refractivity contribution in [1.29, 1.82) is 0 Å². The summed E-state index contributed by atoms with van der Waals surface area (Å²) in [6.07, 6.45) is 2.27. The van der Waals surface area contributed by atoms with Gasteiger partial charge >= 0.3 is 36.0 Å². The molecule has 0 heterocycles. The van der Waals surface area contributed by atoms with Gasteiger partial charge in [0.1, 0.15) is 0 Å². The molecule has 0 spiro atoms. The Bertz CT molecular complexity index is 74.4. The van der Waals surface area contributed by atoms with Crippen LogP contribution < -0.4 is 5.48 Å². The van der Waals surface area contributed by atoms with E-state index in [9.17, 15) is 4.79 Å². The van der Waals surface area contributed by atoms with Crippen LogP contribution in [-0.2, 0) is 9.63 Å². The normalized spacial score (nSPS) is 16.5. The summed E-state index contributed by atoms with van der Waals surface area (Å²) in [5, 5.41) is 0. The van der Waals surface area contributed by atoms with Gasteiger partial charge in [0.25, 0.3) is 0 Å². The third kappa shape index (κ3) is 3.43. The fourth-order valence-electron chi connectivity index (χ4n) is 0.325. The quantitative estimate of drug-likeness (QED) is 0.304. The van der Waals surface area contributed by atoms with Crippen LogP contribution >= 0.6 is 0 Å². The summed E-state index contributed by atoms with van der Waals surface area (Å²) in [5.74, 6) is 0. The molecule has 1 N–H and O–H groups in total. The summed E-state index contributed by atoms with van der Waals surface area (Å²) in [6.45, 7) is 0.401. The van der Waals surface area contributed by atoms with E-state index >= 15 is 0 Å². The molecule has 0 aromatic carbocycles. The van der Waals surface area contributed by atoms with Gasteiger partial charge in [0.2, 0.25) is 0 Å². The third-order valence-corrected chi connectivity index (χ3v) is 0.860. The molecule has 3 nitrogen and oxygen atoms in total. The maximum absolute atomic E-state index is 9.45. The van der Waals surface area contributed by atoms with E-state index in [1.165, 1.54) is 0 Å². The Morgan fingerprint density at radius 3 is 2.62 bits per heavy atom. The zero-order valence-electron chi connectivity index (χ0n) is 3.89. The number of carbonyl (C=O) groups excluding carboxylic acids is 1. The van der Waals surface area contributed by atoms with Crippen molar-refractivity contribution in [1.82, 2.24) is 5.48 Å². The minimum atomic E-state index is 0. The Morgan fingerprint density at radius 1 is 1.62 bits per heavy atom. The minimum absolute atomic E-state index is 0. The van der Waals surface area contributed by atoms with Crippen molar-refractivity contribution in [2.24, 2.45) is 0 Å². The molecule has 1 saturated carbocycles. The van der Waals surface area contributed by atoms with Gasteiger partial charge in [-0.3, -0.25) is 4.79 Å². The fourth-order valence-corrected chi connectivity index (χ4v) is 0.325. The molecule has 1 rings (SSSR count). The number of rotatable bonds is 3. The monoisotopic (exact) mass is 125 g/mol. The molecule has 0 aromatic rings. The van der Waals surface area contributed by atoms with Gasteiger partial charge in [-0.1, -0.05) is 0 Å². The summed E-state index contributed by atoms with van der Waals surface area (Å²) in [7, 11) is 0. The van der Waals surface area contributed by atoms with Gasteiger partial charge in [-0.15, -0.1) is 0 Å². The van der Waals surface area contributed by atoms with Crippen molar-refractivity contribution in [2.45, 2.75) is 18.9 Å². The molecule has 0 bridgehead atoms. The van der Waals surface area contributed by atoms with E-state index in [2.05, 4.69) is 10.3 Å². The second kappa shape index (κ2) is 4.32. The summed E-state index contributed by atoms with van der Waals surface area (Å²) >= 11 is 0. The SMILES string of the molecule is O=CONC1CC1.[NaH]. The first-order valence-electron chi connectivity index (χ1n) is 2.28.